The minimum absolute atomic E-state index is 0.177. The fourth-order valence-corrected chi connectivity index (χ4v) is 4.86. The number of rotatable bonds is 0. The third-order valence-corrected chi connectivity index (χ3v) is 5.96. The molecule has 3 rings (SSSR count). The van der Waals surface area contributed by atoms with Gasteiger partial charge in [-0.25, -0.2) is 0 Å². The lowest BCUT2D eigenvalue weighted by Crippen LogP contribution is -2.43. The number of carbonyl (C=O) groups excluding carboxylic acids is 1. The Balaban J connectivity index is 2.22. The van der Waals surface area contributed by atoms with E-state index in [0.717, 1.165) is 12.3 Å². The number of fused-ring (bicyclic) bond motifs is 1. The van der Waals surface area contributed by atoms with E-state index in [4.69, 9.17) is 0 Å². The maximum atomic E-state index is 11.9. The molecular formula is C15H22O. The first-order valence-electron chi connectivity index (χ1n) is 6.55. The van der Waals surface area contributed by atoms with E-state index in [0.29, 0.717) is 11.2 Å². The maximum absolute atomic E-state index is 11.9. The van der Waals surface area contributed by atoms with Crippen molar-refractivity contribution in [1.82, 2.24) is 0 Å². The largest absolute Gasteiger partial charge is 0.295 e. The SMILES string of the molecule is CC1(C)C2=CC(=O)CC(C)(C)[C@]23CCC1C3. The van der Waals surface area contributed by atoms with Crippen LogP contribution in [0.3, 0.4) is 0 Å². The van der Waals surface area contributed by atoms with E-state index in [9.17, 15) is 4.79 Å². The summed E-state index contributed by atoms with van der Waals surface area (Å²) in [5, 5.41) is 0. The molecule has 0 amide bonds. The van der Waals surface area contributed by atoms with Crippen molar-refractivity contribution in [3.05, 3.63) is 11.6 Å². The molecule has 1 unspecified atom stereocenters. The monoisotopic (exact) mass is 218 g/mol. The first kappa shape index (κ1) is 10.6. The normalized spacial score (nSPS) is 43.1. The summed E-state index contributed by atoms with van der Waals surface area (Å²) in [5.74, 6) is 1.16. The van der Waals surface area contributed by atoms with Crippen LogP contribution in [0.5, 0.6) is 0 Å². The number of ketones is 1. The first-order chi connectivity index (χ1) is 7.30. The Hall–Kier alpha value is -0.590. The maximum Gasteiger partial charge on any atom is 0.156 e. The van der Waals surface area contributed by atoms with E-state index >= 15 is 0 Å². The zero-order chi connectivity index (χ0) is 11.8. The van der Waals surface area contributed by atoms with E-state index < -0.39 is 0 Å². The summed E-state index contributed by atoms with van der Waals surface area (Å²) in [5.41, 5.74) is 2.29. The Morgan fingerprint density at radius 1 is 1.25 bits per heavy atom. The van der Waals surface area contributed by atoms with Gasteiger partial charge in [-0.2, -0.15) is 0 Å². The second-order valence-corrected chi connectivity index (χ2v) is 7.33. The Bertz CT molecular complexity index is 400. The molecule has 2 atom stereocenters. The van der Waals surface area contributed by atoms with Gasteiger partial charge in [0.05, 0.1) is 0 Å². The molecule has 1 spiro atoms. The van der Waals surface area contributed by atoms with Crippen LogP contribution in [0.1, 0.15) is 53.4 Å². The molecule has 2 saturated carbocycles. The molecule has 3 aliphatic rings. The molecule has 0 N–H and O–H groups in total. The molecule has 0 heterocycles. The lowest BCUT2D eigenvalue weighted by Gasteiger charge is -2.50. The van der Waals surface area contributed by atoms with Crippen molar-refractivity contribution in [1.29, 1.82) is 0 Å². The lowest BCUT2D eigenvalue weighted by molar-refractivity contribution is -0.119. The van der Waals surface area contributed by atoms with Crippen LogP contribution in [-0.4, -0.2) is 5.78 Å². The van der Waals surface area contributed by atoms with Crippen molar-refractivity contribution < 1.29 is 4.79 Å². The second kappa shape index (κ2) is 2.63. The van der Waals surface area contributed by atoms with Gasteiger partial charge >= 0.3 is 0 Å². The third-order valence-electron chi connectivity index (χ3n) is 5.96. The highest BCUT2D eigenvalue weighted by atomic mass is 16.1. The molecule has 0 saturated heterocycles. The molecule has 16 heavy (non-hydrogen) atoms. The van der Waals surface area contributed by atoms with Crippen LogP contribution in [0.25, 0.3) is 0 Å². The molecule has 2 bridgehead atoms. The average molecular weight is 218 g/mol. The van der Waals surface area contributed by atoms with Gasteiger partial charge in [0.25, 0.3) is 0 Å². The van der Waals surface area contributed by atoms with Gasteiger partial charge in [-0.15, -0.1) is 0 Å². The number of hydrogen-bond donors (Lipinski definition) is 0. The van der Waals surface area contributed by atoms with Crippen LogP contribution in [0.2, 0.25) is 0 Å². The zero-order valence-electron chi connectivity index (χ0n) is 10.9. The summed E-state index contributed by atoms with van der Waals surface area (Å²) < 4.78 is 0. The van der Waals surface area contributed by atoms with Crippen molar-refractivity contribution in [2.75, 3.05) is 0 Å². The van der Waals surface area contributed by atoms with Gasteiger partial charge in [0.15, 0.2) is 5.78 Å². The molecular weight excluding hydrogens is 196 g/mol. The molecule has 1 nitrogen and oxygen atoms in total. The van der Waals surface area contributed by atoms with Crippen LogP contribution < -0.4 is 0 Å². The van der Waals surface area contributed by atoms with Crippen LogP contribution >= 0.6 is 0 Å². The smallest absolute Gasteiger partial charge is 0.156 e. The second-order valence-electron chi connectivity index (χ2n) is 7.33. The average Bonchev–Trinajstić information content (AvgIpc) is 2.63. The van der Waals surface area contributed by atoms with Crippen LogP contribution in [0.15, 0.2) is 11.6 Å². The molecule has 1 heteroatoms. The number of hydrogen-bond acceptors (Lipinski definition) is 1. The van der Waals surface area contributed by atoms with Gasteiger partial charge in [0.2, 0.25) is 0 Å². The fraction of sp³-hybridized carbons (Fsp3) is 0.800. The highest BCUT2D eigenvalue weighted by Crippen LogP contribution is 2.73. The van der Waals surface area contributed by atoms with Crippen molar-refractivity contribution in [2.24, 2.45) is 22.2 Å². The molecule has 0 radical (unpaired) electrons. The highest BCUT2D eigenvalue weighted by Gasteiger charge is 2.64. The van der Waals surface area contributed by atoms with Crippen molar-refractivity contribution >= 4 is 5.78 Å². The topological polar surface area (TPSA) is 17.1 Å². The van der Waals surface area contributed by atoms with E-state index in [2.05, 4.69) is 27.7 Å². The van der Waals surface area contributed by atoms with Crippen LogP contribution in [0.4, 0.5) is 0 Å². The zero-order valence-corrected chi connectivity index (χ0v) is 10.9. The van der Waals surface area contributed by atoms with E-state index in [1.807, 2.05) is 6.08 Å². The van der Waals surface area contributed by atoms with Crippen LogP contribution in [-0.2, 0) is 4.79 Å². The van der Waals surface area contributed by atoms with Crippen molar-refractivity contribution in [2.45, 2.75) is 53.4 Å². The number of allylic oxidation sites excluding steroid dienone is 2. The van der Waals surface area contributed by atoms with Gasteiger partial charge in [-0.3, -0.25) is 4.79 Å². The molecule has 0 aromatic heterocycles. The highest BCUT2D eigenvalue weighted by molar-refractivity contribution is 5.93. The predicted molar refractivity (Wildman–Crippen MR) is 65.0 cm³/mol. The summed E-state index contributed by atoms with van der Waals surface area (Å²) in [6.07, 6.45) is 6.75. The van der Waals surface area contributed by atoms with Gasteiger partial charge in [0.1, 0.15) is 0 Å². The predicted octanol–water partition coefficient (Wildman–Crippen LogP) is 3.74. The standard InChI is InChI=1S/C15H22O/c1-13(2)9-11(16)7-12-14(3,4)10-5-6-15(12,13)8-10/h7,10H,5-6,8-9H2,1-4H3/t10?,15-/m0/s1. The Morgan fingerprint density at radius 3 is 2.62 bits per heavy atom. The van der Waals surface area contributed by atoms with Gasteiger partial charge in [-0.05, 0) is 47.5 Å². The van der Waals surface area contributed by atoms with Gasteiger partial charge < -0.3 is 0 Å². The van der Waals surface area contributed by atoms with Gasteiger partial charge in [-0.1, -0.05) is 33.3 Å². The summed E-state index contributed by atoms with van der Waals surface area (Å²) in [6.45, 7) is 9.31. The van der Waals surface area contributed by atoms with E-state index in [1.54, 1.807) is 0 Å². The fourth-order valence-electron chi connectivity index (χ4n) is 4.86. The summed E-state index contributed by atoms with van der Waals surface area (Å²) in [7, 11) is 0. The Morgan fingerprint density at radius 2 is 1.94 bits per heavy atom. The number of carbonyl (C=O) groups is 1. The minimum Gasteiger partial charge on any atom is -0.295 e. The molecule has 0 aromatic rings. The first-order valence-corrected chi connectivity index (χ1v) is 6.55. The quantitative estimate of drug-likeness (QED) is 0.605. The van der Waals surface area contributed by atoms with Crippen LogP contribution in [0, 0.1) is 22.2 Å². The molecule has 88 valence electrons. The minimum atomic E-state index is 0.177. The van der Waals surface area contributed by atoms with Crippen molar-refractivity contribution in [3.8, 4) is 0 Å². The molecule has 3 aliphatic carbocycles. The third kappa shape index (κ3) is 0.959. The Labute approximate surface area is 98.3 Å². The Kier molecular flexibility index (Phi) is 1.73. The summed E-state index contributed by atoms with van der Waals surface area (Å²) in [4.78, 5) is 11.9. The molecule has 2 fully saturated rings. The van der Waals surface area contributed by atoms with Gasteiger partial charge in [0, 0.05) is 6.42 Å². The summed E-state index contributed by atoms with van der Waals surface area (Å²) in [6, 6.07) is 0. The van der Waals surface area contributed by atoms with E-state index in [-0.39, 0.29) is 10.8 Å². The summed E-state index contributed by atoms with van der Waals surface area (Å²) >= 11 is 0. The lowest BCUT2D eigenvalue weighted by atomic mass is 9.53. The van der Waals surface area contributed by atoms with Crippen molar-refractivity contribution in [3.63, 3.8) is 0 Å². The molecule has 0 aromatic carbocycles. The van der Waals surface area contributed by atoms with E-state index in [1.165, 1.54) is 24.8 Å². The molecule has 0 aliphatic heterocycles.